The zero-order chi connectivity index (χ0) is 19.4. The van der Waals surface area contributed by atoms with Gasteiger partial charge >= 0.3 is 0 Å². The van der Waals surface area contributed by atoms with E-state index in [0.29, 0.717) is 23.1 Å². The number of hydrogen-bond acceptors (Lipinski definition) is 2. The number of benzene rings is 2. The van der Waals surface area contributed by atoms with Crippen molar-refractivity contribution in [3.05, 3.63) is 69.5 Å². The first kappa shape index (κ1) is 20.1. The number of amides is 1. The lowest BCUT2D eigenvalue weighted by Gasteiger charge is -2.33. The van der Waals surface area contributed by atoms with Crippen LogP contribution in [0.25, 0.3) is 0 Å². The molecule has 1 saturated heterocycles. The van der Waals surface area contributed by atoms with E-state index < -0.39 is 0 Å². The van der Waals surface area contributed by atoms with Crippen LogP contribution in [0.2, 0.25) is 10.0 Å². The van der Waals surface area contributed by atoms with E-state index in [1.807, 2.05) is 25.1 Å². The number of nitrogens with zero attached hydrogens (tertiary/aromatic N) is 1. The Labute approximate surface area is 169 Å². The van der Waals surface area contributed by atoms with Crippen LogP contribution in [0.1, 0.15) is 36.9 Å². The number of hydrogen-bond donors (Lipinski definition) is 1. The lowest BCUT2D eigenvalue weighted by Crippen LogP contribution is -2.43. The Morgan fingerprint density at radius 2 is 1.89 bits per heavy atom. The van der Waals surface area contributed by atoms with Gasteiger partial charge in [0.25, 0.3) is 0 Å². The Morgan fingerprint density at radius 3 is 2.56 bits per heavy atom. The normalized spacial score (nSPS) is 18.9. The summed E-state index contributed by atoms with van der Waals surface area (Å²) in [5.41, 5.74) is 1.79. The van der Waals surface area contributed by atoms with E-state index in [2.05, 4.69) is 10.2 Å². The van der Waals surface area contributed by atoms with Crippen LogP contribution < -0.4 is 5.32 Å². The third kappa shape index (κ3) is 5.22. The fourth-order valence-corrected chi connectivity index (χ4v) is 4.00. The minimum Gasteiger partial charge on any atom is -0.349 e. The quantitative estimate of drug-likeness (QED) is 0.734. The standard InChI is InChI=1S/C21H23Cl2FN2O/c1-14(15-7-9-17(24)10-8-15)25-21(27)16-4-3-11-26(12-16)13-18-19(22)5-2-6-20(18)23/h2,5-10,14,16H,3-4,11-13H2,1H3,(H,25,27)/t14-,16+/m1/s1. The first-order valence-corrected chi connectivity index (χ1v) is 9.90. The maximum Gasteiger partial charge on any atom is 0.224 e. The summed E-state index contributed by atoms with van der Waals surface area (Å²) in [5.74, 6) is -0.330. The largest absolute Gasteiger partial charge is 0.349 e. The maximum absolute atomic E-state index is 13.1. The van der Waals surface area contributed by atoms with Crippen LogP contribution in [0.3, 0.4) is 0 Å². The summed E-state index contributed by atoms with van der Waals surface area (Å²) >= 11 is 12.6. The molecule has 0 saturated carbocycles. The van der Waals surface area contributed by atoms with Crippen molar-refractivity contribution < 1.29 is 9.18 Å². The molecule has 1 fully saturated rings. The van der Waals surface area contributed by atoms with Crippen LogP contribution in [0.4, 0.5) is 4.39 Å². The predicted molar refractivity (Wildman–Crippen MR) is 107 cm³/mol. The highest BCUT2D eigenvalue weighted by Gasteiger charge is 2.27. The first-order valence-electron chi connectivity index (χ1n) is 9.15. The predicted octanol–water partition coefficient (Wildman–Crippen LogP) is 5.22. The smallest absolute Gasteiger partial charge is 0.224 e. The molecule has 0 aromatic heterocycles. The van der Waals surface area contributed by atoms with Gasteiger partial charge in [-0.25, -0.2) is 4.39 Å². The Kier molecular flexibility index (Phi) is 6.74. The van der Waals surface area contributed by atoms with Gasteiger partial charge in [0, 0.05) is 28.7 Å². The topological polar surface area (TPSA) is 32.3 Å². The number of piperidine rings is 1. The molecule has 1 N–H and O–H groups in total. The average Bonchev–Trinajstić information content (AvgIpc) is 2.65. The molecule has 3 rings (SSSR count). The molecule has 1 aliphatic rings. The van der Waals surface area contributed by atoms with Crippen LogP contribution in [-0.2, 0) is 11.3 Å². The van der Waals surface area contributed by atoms with Gasteiger partial charge in [-0.1, -0.05) is 41.4 Å². The monoisotopic (exact) mass is 408 g/mol. The second-order valence-corrected chi connectivity index (χ2v) is 7.87. The van der Waals surface area contributed by atoms with Crippen molar-refractivity contribution in [1.29, 1.82) is 0 Å². The molecule has 27 heavy (non-hydrogen) atoms. The number of carbonyl (C=O) groups excluding carboxylic acids is 1. The highest BCUT2D eigenvalue weighted by Crippen LogP contribution is 2.28. The molecule has 2 atom stereocenters. The molecule has 0 unspecified atom stereocenters. The molecule has 0 radical (unpaired) electrons. The highest BCUT2D eigenvalue weighted by molar-refractivity contribution is 6.35. The van der Waals surface area contributed by atoms with Gasteiger partial charge in [0.15, 0.2) is 0 Å². The van der Waals surface area contributed by atoms with Crippen molar-refractivity contribution in [2.75, 3.05) is 13.1 Å². The van der Waals surface area contributed by atoms with Crippen LogP contribution in [-0.4, -0.2) is 23.9 Å². The summed E-state index contributed by atoms with van der Waals surface area (Å²) < 4.78 is 13.1. The Hall–Kier alpha value is -1.62. The van der Waals surface area contributed by atoms with Crippen LogP contribution >= 0.6 is 23.2 Å². The van der Waals surface area contributed by atoms with Crippen molar-refractivity contribution in [2.24, 2.45) is 5.92 Å². The summed E-state index contributed by atoms with van der Waals surface area (Å²) in [4.78, 5) is 14.9. The number of halogens is 3. The summed E-state index contributed by atoms with van der Waals surface area (Å²) in [7, 11) is 0. The van der Waals surface area contributed by atoms with Gasteiger partial charge in [0.2, 0.25) is 5.91 Å². The zero-order valence-corrected chi connectivity index (χ0v) is 16.7. The molecule has 1 heterocycles. The Balaban J connectivity index is 1.60. The van der Waals surface area contributed by atoms with Crippen molar-refractivity contribution in [1.82, 2.24) is 10.2 Å². The molecule has 2 aromatic carbocycles. The molecule has 1 amide bonds. The van der Waals surface area contributed by atoms with Crippen LogP contribution in [0.5, 0.6) is 0 Å². The molecular weight excluding hydrogens is 386 g/mol. The zero-order valence-electron chi connectivity index (χ0n) is 15.2. The highest BCUT2D eigenvalue weighted by atomic mass is 35.5. The van der Waals surface area contributed by atoms with E-state index in [9.17, 15) is 9.18 Å². The lowest BCUT2D eigenvalue weighted by molar-refractivity contribution is -0.127. The lowest BCUT2D eigenvalue weighted by atomic mass is 9.96. The average molecular weight is 409 g/mol. The van der Waals surface area contributed by atoms with E-state index in [1.54, 1.807) is 12.1 Å². The van der Waals surface area contributed by atoms with E-state index >= 15 is 0 Å². The summed E-state index contributed by atoms with van der Waals surface area (Å²) in [6, 6.07) is 11.6. The molecule has 1 aliphatic heterocycles. The van der Waals surface area contributed by atoms with E-state index in [4.69, 9.17) is 23.2 Å². The van der Waals surface area contributed by atoms with Crippen LogP contribution in [0.15, 0.2) is 42.5 Å². The summed E-state index contributed by atoms with van der Waals surface area (Å²) in [6.07, 6.45) is 1.81. The van der Waals surface area contributed by atoms with Crippen molar-refractivity contribution in [3.8, 4) is 0 Å². The molecule has 144 valence electrons. The van der Waals surface area contributed by atoms with E-state index in [0.717, 1.165) is 30.5 Å². The number of likely N-dealkylation sites (tertiary alicyclic amines) is 1. The third-order valence-electron chi connectivity index (χ3n) is 5.05. The fraction of sp³-hybridized carbons (Fsp3) is 0.381. The second-order valence-electron chi connectivity index (χ2n) is 7.06. The summed E-state index contributed by atoms with van der Waals surface area (Å²) in [6.45, 7) is 4.13. The Bertz CT molecular complexity index is 777. The van der Waals surface area contributed by atoms with Gasteiger partial charge in [-0.15, -0.1) is 0 Å². The first-order chi connectivity index (χ1) is 12.9. The van der Waals surface area contributed by atoms with Gasteiger partial charge in [-0.05, 0) is 56.1 Å². The molecule has 0 aliphatic carbocycles. The van der Waals surface area contributed by atoms with Gasteiger partial charge in [0.1, 0.15) is 5.82 Å². The number of nitrogens with one attached hydrogen (secondary N) is 1. The SMILES string of the molecule is C[C@@H](NC(=O)[C@H]1CCCN(Cc2c(Cl)cccc2Cl)C1)c1ccc(F)cc1. The van der Waals surface area contributed by atoms with E-state index in [1.165, 1.54) is 12.1 Å². The molecule has 0 bridgehead atoms. The van der Waals surface area contributed by atoms with E-state index in [-0.39, 0.29) is 23.7 Å². The van der Waals surface area contributed by atoms with Crippen molar-refractivity contribution in [3.63, 3.8) is 0 Å². The van der Waals surface area contributed by atoms with Crippen LogP contribution in [0, 0.1) is 11.7 Å². The number of rotatable bonds is 5. The molecule has 0 spiro atoms. The minimum absolute atomic E-state index is 0.0294. The van der Waals surface area contributed by atoms with Crippen molar-refractivity contribution in [2.45, 2.75) is 32.4 Å². The maximum atomic E-state index is 13.1. The van der Waals surface area contributed by atoms with Gasteiger partial charge in [0.05, 0.1) is 12.0 Å². The number of carbonyl (C=O) groups is 1. The fourth-order valence-electron chi connectivity index (χ4n) is 3.49. The third-order valence-corrected chi connectivity index (χ3v) is 5.76. The minimum atomic E-state index is -0.279. The molecule has 6 heteroatoms. The van der Waals surface area contributed by atoms with Gasteiger partial charge in [-0.2, -0.15) is 0 Å². The molecule has 2 aromatic rings. The van der Waals surface area contributed by atoms with Gasteiger partial charge < -0.3 is 5.32 Å². The Morgan fingerprint density at radius 1 is 1.22 bits per heavy atom. The van der Waals surface area contributed by atoms with Gasteiger partial charge in [-0.3, -0.25) is 9.69 Å². The molecule has 3 nitrogen and oxygen atoms in total. The summed E-state index contributed by atoms with van der Waals surface area (Å²) in [5, 5.41) is 4.36. The van der Waals surface area contributed by atoms with Crippen molar-refractivity contribution >= 4 is 29.1 Å². The molecular formula is C21H23Cl2FN2O. The second kappa shape index (κ2) is 9.05.